The second kappa shape index (κ2) is 5.21. The van der Waals surface area contributed by atoms with Gasteiger partial charge in [-0.1, -0.05) is 0 Å². The van der Waals surface area contributed by atoms with Gasteiger partial charge in [-0.25, -0.2) is 4.39 Å². The van der Waals surface area contributed by atoms with Crippen LogP contribution in [0.1, 0.15) is 12.8 Å². The smallest absolute Gasteiger partial charge is 0.134 e. The highest BCUT2D eigenvalue weighted by Crippen LogP contribution is 2.11. The van der Waals surface area contributed by atoms with Crippen molar-refractivity contribution in [2.45, 2.75) is 12.8 Å². The van der Waals surface area contributed by atoms with Crippen LogP contribution in [0.15, 0.2) is 18.2 Å². The molecule has 0 saturated carbocycles. The van der Waals surface area contributed by atoms with Crippen LogP contribution in [0.25, 0.3) is 0 Å². The van der Waals surface area contributed by atoms with E-state index < -0.39 is 5.82 Å². The molecule has 0 heterocycles. The molecule has 0 aliphatic carbocycles. The molecule has 0 fully saturated rings. The van der Waals surface area contributed by atoms with Crippen molar-refractivity contribution >= 4 is 0 Å². The average Bonchev–Trinajstić information content (AvgIpc) is 2.13. The number of benzene rings is 1. The van der Waals surface area contributed by atoms with E-state index in [1.807, 2.05) is 0 Å². The highest BCUT2D eigenvalue weighted by molar-refractivity contribution is 5.21. The largest absolute Gasteiger partial charge is 0.493 e. The molecule has 0 bridgehead atoms. The van der Waals surface area contributed by atoms with Crippen LogP contribution in [0.5, 0.6) is 5.75 Å². The van der Waals surface area contributed by atoms with E-state index in [0.717, 1.165) is 6.42 Å². The molecular formula is C11H10FO. The van der Waals surface area contributed by atoms with Crippen molar-refractivity contribution < 1.29 is 9.13 Å². The molecule has 1 radical (unpaired) electrons. The predicted molar refractivity (Wildman–Crippen MR) is 48.8 cm³/mol. The maximum Gasteiger partial charge on any atom is 0.134 e. The molecule has 1 rings (SSSR count). The number of halogens is 1. The molecule has 0 aliphatic rings. The normalized spacial score (nSPS) is 9.23. The Morgan fingerprint density at radius 1 is 1.62 bits per heavy atom. The van der Waals surface area contributed by atoms with E-state index in [9.17, 15) is 4.39 Å². The second-order valence-electron chi connectivity index (χ2n) is 2.53. The van der Waals surface area contributed by atoms with Crippen molar-refractivity contribution in [3.8, 4) is 18.1 Å². The van der Waals surface area contributed by atoms with E-state index in [0.29, 0.717) is 18.8 Å². The number of ether oxygens (including phenoxy) is 1. The third kappa shape index (κ3) is 3.62. The zero-order valence-corrected chi connectivity index (χ0v) is 7.22. The lowest BCUT2D eigenvalue weighted by Crippen LogP contribution is -1.96. The van der Waals surface area contributed by atoms with Crippen LogP contribution < -0.4 is 4.74 Å². The standard InChI is InChI=1S/C11H10FO/c1-2-3-4-8-13-11-7-5-6-10(12)9-11/h1,5,7,9H,3-4,8H2. The van der Waals surface area contributed by atoms with Gasteiger partial charge in [-0.15, -0.1) is 12.3 Å². The minimum atomic E-state index is -0.408. The van der Waals surface area contributed by atoms with Crippen molar-refractivity contribution in [2.24, 2.45) is 0 Å². The van der Waals surface area contributed by atoms with E-state index in [2.05, 4.69) is 12.0 Å². The molecule has 1 aromatic carbocycles. The topological polar surface area (TPSA) is 9.23 Å². The van der Waals surface area contributed by atoms with Gasteiger partial charge in [0.2, 0.25) is 0 Å². The van der Waals surface area contributed by atoms with Gasteiger partial charge in [-0.2, -0.15) is 0 Å². The Bertz CT molecular complexity index is 301. The third-order valence-corrected chi connectivity index (χ3v) is 1.47. The quantitative estimate of drug-likeness (QED) is 0.507. The van der Waals surface area contributed by atoms with Crippen LogP contribution in [0, 0.1) is 24.2 Å². The zero-order valence-electron chi connectivity index (χ0n) is 7.22. The number of unbranched alkanes of at least 4 members (excludes halogenated alkanes) is 1. The van der Waals surface area contributed by atoms with Gasteiger partial charge in [0.05, 0.1) is 6.61 Å². The first-order valence-corrected chi connectivity index (χ1v) is 4.06. The van der Waals surface area contributed by atoms with E-state index >= 15 is 0 Å². The molecule has 0 saturated heterocycles. The van der Waals surface area contributed by atoms with Crippen LogP contribution in [0.3, 0.4) is 0 Å². The zero-order chi connectivity index (χ0) is 9.52. The van der Waals surface area contributed by atoms with E-state index in [1.165, 1.54) is 12.1 Å². The molecule has 0 amide bonds. The lowest BCUT2D eigenvalue weighted by molar-refractivity contribution is 0.311. The van der Waals surface area contributed by atoms with Crippen LogP contribution in [0.2, 0.25) is 0 Å². The van der Waals surface area contributed by atoms with Gasteiger partial charge < -0.3 is 4.74 Å². The fourth-order valence-corrected chi connectivity index (χ4v) is 0.872. The Hall–Kier alpha value is -1.49. The predicted octanol–water partition coefficient (Wildman–Crippen LogP) is 2.42. The first-order valence-electron chi connectivity index (χ1n) is 4.06. The van der Waals surface area contributed by atoms with Gasteiger partial charge >= 0.3 is 0 Å². The Morgan fingerprint density at radius 3 is 3.15 bits per heavy atom. The average molecular weight is 177 g/mol. The minimum absolute atomic E-state index is 0.408. The Balaban J connectivity index is 2.33. The molecule has 0 atom stereocenters. The maximum atomic E-state index is 12.6. The SMILES string of the molecule is C#CCCCOc1cc[c]c(F)c1. The summed E-state index contributed by atoms with van der Waals surface area (Å²) in [6.07, 6.45) is 6.53. The van der Waals surface area contributed by atoms with Gasteiger partial charge in [0.25, 0.3) is 0 Å². The van der Waals surface area contributed by atoms with Crippen LogP contribution >= 0.6 is 0 Å². The van der Waals surface area contributed by atoms with Crippen molar-refractivity contribution in [3.63, 3.8) is 0 Å². The second-order valence-corrected chi connectivity index (χ2v) is 2.53. The third-order valence-electron chi connectivity index (χ3n) is 1.47. The van der Waals surface area contributed by atoms with Gasteiger partial charge in [0, 0.05) is 18.6 Å². The fourth-order valence-electron chi connectivity index (χ4n) is 0.872. The molecule has 67 valence electrons. The molecule has 1 nitrogen and oxygen atoms in total. The van der Waals surface area contributed by atoms with E-state index in [1.54, 1.807) is 6.07 Å². The molecule has 0 aliphatic heterocycles. The number of terminal acetylenes is 1. The van der Waals surface area contributed by atoms with Crippen LogP contribution in [-0.2, 0) is 0 Å². The minimum Gasteiger partial charge on any atom is -0.493 e. The highest BCUT2D eigenvalue weighted by atomic mass is 19.1. The van der Waals surface area contributed by atoms with Gasteiger partial charge in [0.1, 0.15) is 11.6 Å². The molecule has 2 heteroatoms. The molecule has 0 aromatic heterocycles. The fraction of sp³-hybridized carbons (Fsp3) is 0.273. The van der Waals surface area contributed by atoms with Crippen LogP contribution in [-0.4, -0.2) is 6.61 Å². The van der Waals surface area contributed by atoms with Crippen LogP contribution in [0.4, 0.5) is 4.39 Å². The lowest BCUT2D eigenvalue weighted by atomic mass is 10.3. The molecule has 0 unspecified atom stereocenters. The monoisotopic (exact) mass is 177 g/mol. The summed E-state index contributed by atoms with van der Waals surface area (Å²) in [5.74, 6) is 2.62. The van der Waals surface area contributed by atoms with Crippen molar-refractivity contribution in [3.05, 3.63) is 30.1 Å². The summed E-state index contributed by atoms with van der Waals surface area (Å²) in [7, 11) is 0. The highest BCUT2D eigenvalue weighted by Gasteiger charge is 1.94. The summed E-state index contributed by atoms with van der Waals surface area (Å²) >= 11 is 0. The molecular weight excluding hydrogens is 167 g/mol. The van der Waals surface area contributed by atoms with Gasteiger partial charge in [-0.3, -0.25) is 0 Å². The van der Waals surface area contributed by atoms with Crippen molar-refractivity contribution in [2.75, 3.05) is 6.61 Å². The maximum absolute atomic E-state index is 12.6. The number of hydrogen-bond acceptors (Lipinski definition) is 1. The summed E-state index contributed by atoms with van der Waals surface area (Å²) in [4.78, 5) is 0. The summed E-state index contributed by atoms with van der Waals surface area (Å²) in [5.41, 5.74) is 0. The number of hydrogen-bond donors (Lipinski definition) is 0. The Morgan fingerprint density at radius 2 is 2.46 bits per heavy atom. The molecule has 0 N–H and O–H groups in total. The molecule has 1 aromatic rings. The van der Waals surface area contributed by atoms with E-state index in [4.69, 9.17) is 11.2 Å². The Kier molecular flexibility index (Phi) is 3.84. The van der Waals surface area contributed by atoms with Gasteiger partial charge in [0.15, 0.2) is 0 Å². The van der Waals surface area contributed by atoms with Crippen molar-refractivity contribution in [1.29, 1.82) is 0 Å². The first-order chi connectivity index (χ1) is 6.33. The van der Waals surface area contributed by atoms with E-state index in [-0.39, 0.29) is 0 Å². The first kappa shape index (κ1) is 9.60. The number of rotatable bonds is 4. The summed E-state index contributed by atoms with van der Waals surface area (Å²) in [6, 6.07) is 6.85. The van der Waals surface area contributed by atoms with Crippen molar-refractivity contribution in [1.82, 2.24) is 0 Å². The summed E-state index contributed by atoms with van der Waals surface area (Å²) in [6.45, 7) is 0.521. The molecule has 13 heavy (non-hydrogen) atoms. The molecule has 0 spiro atoms. The Labute approximate surface area is 77.5 Å². The summed E-state index contributed by atoms with van der Waals surface area (Å²) < 4.78 is 17.8. The van der Waals surface area contributed by atoms with Gasteiger partial charge in [-0.05, 0) is 18.6 Å². The lowest BCUT2D eigenvalue weighted by Gasteiger charge is -2.03. The summed E-state index contributed by atoms with van der Waals surface area (Å²) in [5, 5.41) is 0.